The number of hydrogen-bond donors (Lipinski definition) is 1. The minimum atomic E-state index is -0.388. The van der Waals surface area contributed by atoms with E-state index in [0.29, 0.717) is 5.06 Å². The molecule has 0 bridgehead atoms. The molecule has 1 rings (SSSR count). The van der Waals surface area contributed by atoms with Gasteiger partial charge in [-0.25, -0.2) is 0 Å². The molecule has 0 radical (unpaired) electrons. The fourth-order valence-corrected chi connectivity index (χ4v) is 0.721. The van der Waals surface area contributed by atoms with Gasteiger partial charge in [0.15, 0.2) is 0 Å². The molecule has 0 spiro atoms. The molecule has 0 atom stereocenters. The molecule has 1 fully saturated rings. The van der Waals surface area contributed by atoms with Crippen LogP contribution in [0.2, 0.25) is 0 Å². The van der Waals surface area contributed by atoms with Gasteiger partial charge in [-0.1, -0.05) is 5.06 Å². The van der Waals surface area contributed by atoms with Crippen LogP contribution in [0.1, 0.15) is 12.8 Å². The first kappa shape index (κ1) is 7.52. The highest BCUT2D eigenvalue weighted by Gasteiger charge is 2.31. The van der Waals surface area contributed by atoms with Crippen molar-refractivity contribution in [1.82, 2.24) is 5.06 Å². The van der Waals surface area contributed by atoms with Crippen LogP contribution in [0.3, 0.4) is 0 Å². The Bertz CT molecular complexity index is 197. The number of nitrogens with zero attached hydrogens (tertiary/aromatic N) is 2. The van der Waals surface area contributed by atoms with Crippen molar-refractivity contribution >= 4 is 18.2 Å². The van der Waals surface area contributed by atoms with E-state index in [4.69, 9.17) is 5.73 Å². The molecule has 0 aromatic heterocycles. The van der Waals surface area contributed by atoms with Gasteiger partial charge in [0.05, 0.1) is 0 Å². The van der Waals surface area contributed by atoms with E-state index in [2.05, 4.69) is 10.1 Å². The molecule has 0 saturated carbocycles. The van der Waals surface area contributed by atoms with Crippen LogP contribution in [-0.4, -0.2) is 23.2 Å². The Labute approximate surface area is 62.5 Å². The van der Waals surface area contributed by atoms with Crippen LogP contribution in [0.5, 0.6) is 0 Å². The minimum Gasteiger partial charge on any atom is -0.387 e. The Morgan fingerprint density at radius 2 is 2.00 bits per heavy atom. The monoisotopic (exact) mass is 157 g/mol. The fourth-order valence-electron chi connectivity index (χ4n) is 0.721. The second kappa shape index (κ2) is 3.00. The van der Waals surface area contributed by atoms with Gasteiger partial charge in [-0.15, -0.1) is 0 Å². The van der Waals surface area contributed by atoms with E-state index in [-0.39, 0.29) is 24.7 Å². The van der Waals surface area contributed by atoms with Crippen molar-refractivity contribution in [2.75, 3.05) is 0 Å². The molecule has 6 nitrogen and oxygen atoms in total. The number of hydrogen-bond acceptors (Lipinski definition) is 4. The summed E-state index contributed by atoms with van der Waals surface area (Å²) in [5, 5.41) is 3.69. The molecule has 2 N–H and O–H groups in total. The lowest BCUT2D eigenvalue weighted by Gasteiger charge is -2.06. The number of amides is 2. The zero-order valence-corrected chi connectivity index (χ0v) is 5.69. The average molecular weight is 157 g/mol. The lowest BCUT2D eigenvalue weighted by atomic mass is 10.4. The molecule has 0 aliphatic carbocycles. The van der Waals surface area contributed by atoms with E-state index < -0.39 is 0 Å². The lowest BCUT2D eigenvalue weighted by molar-refractivity contribution is -0.187. The summed E-state index contributed by atoms with van der Waals surface area (Å²) >= 11 is 0. The van der Waals surface area contributed by atoms with Crippen molar-refractivity contribution in [3.63, 3.8) is 0 Å². The molecule has 2 amide bonds. The summed E-state index contributed by atoms with van der Waals surface area (Å²) in [6, 6.07) is 0. The summed E-state index contributed by atoms with van der Waals surface area (Å²) in [7, 11) is 0. The second-order valence-electron chi connectivity index (χ2n) is 1.92. The van der Waals surface area contributed by atoms with Crippen molar-refractivity contribution in [1.29, 1.82) is 0 Å². The van der Waals surface area contributed by atoms with Crippen LogP contribution < -0.4 is 5.73 Å². The first-order valence-electron chi connectivity index (χ1n) is 3.02. The fraction of sp³-hybridized carbons (Fsp3) is 0.400. The molecular weight excluding hydrogens is 150 g/mol. The number of rotatable bonds is 2. The SMILES string of the molecule is NC=NON1C(=O)CCC1=O. The van der Waals surface area contributed by atoms with Gasteiger partial charge in [0.25, 0.3) is 11.8 Å². The van der Waals surface area contributed by atoms with Crippen molar-refractivity contribution in [2.24, 2.45) is 10.9 Å². The summed E-state index contributed by atoms with van der Waals surface area (Å²) in [5.74, 6) is -0.777. The molecule has 0 unspecified atom stereocenters. The highest BCUT2D eigenvalue weighted by Crippen LogP contribution is 2.11. The van der Waals surface area contributed by atoms with Crippen molar-refractivity contribution in [2.45, 2.75) is 12.8 Å². The lowest BCUT2D eigenvalue weighted by Crippen LogP contribution is -2.27. The maximum Gasteiger partial charge on any atom is 0.266 e. The van der Waals surface area contributed by atoms with Gasteiger partial charge in [0.2, 0.25) is 0 Å². The van der Waals surface area contributed by atoms with E-state index in [1.807, 2.05) is 0 Å². The van der Waals surface area contributed by atoms with Gasteiger partial charge in [-0.3, -0.25) is 14.5 Å². The molecule has 6 heteroatoms. The van der Waals surface area contributed by atoms with Crippen LogP contribution in [0, 0.1) is 0 Å². The van der Waals surface area contributed by atoms with Gasteiger partial charge in [0, 0.05) is 12.8 Å². The Hall–Kier alpha value is -1.59. The van der Waals surface area contributed by atoms with E-state index in [9.17, 15) is 9.59 Å². The smallest absolute Gasteiger partial charge is 0.266 e. The number of imide groups is 1. The third-order valence-corrected chi connectivity index (χ3v) is 1.20. The van der Waals surface area contributed by atoms with Crippen molar-refractivity contribution < 1.29 is 14.5 Å². The molecule has 1 saturated heterocycles. The predicted molar refractivity (Wildman–Crippen MR) is 34.9 cm³/mol. The van der Waals surface area contributed by atoms with Gasteiger partial charge >= 0.3 is 0 Å². The van der Waals surface area contributed by atoms with E-state index in [0.717, 1.165) is 6.34 Å². The Kier molecular flexibility index (Phi) is 2.05. The molecular formula is C5H7N3O3. The number of nitrogens with two attached hydrogens (primary N) is 1. The van der Waals surface area contributed by atoms with E-state index in [1.54, 1.807) is 0 Å². The van der Waals surface area contributed by atoms with Gasteiger partial charge < -0.3 is 5.73 Å². The summed E-state index contributed by atoms with van der Waals surface area (Å²) < 4.78 is 0. The molecule has 1 heterocycles. The summed E-state index contributed by atoms with van der Waals surface area (Å²) in [5.41, 5.74) is 4.83. The quantitative estimate of drug-likeness (QED) is 0.240. The first-order chi connectivity index (χ1) is 5.25. The summed E-state index contributed by atoms with van der Waals surface area (Å²) in [4.78, 5) is 25.9. The van der Waals surface area contributed by atoms with Gasteiger partial charge in [0.1, 0.15) is 6.34 Å². The Morgan fingerprint density at radius 3 is 2.45 bits per heavy atom. The largest absolute Gasteiger partial charge is 0.387 e. The minimum absolute atomic E-state index is 0.179. The topological polar surface area (TPSA) is 85.0 Å². The molecule has 11 heavy (non-hydrogen) atoms. The third kappa shape index (κ3) is 1.46. The predicted octanol–water partition coefficient (Wildman–Crippen LogP) is -1.03. The highest BCUT2D eigenvalue weighted by atomic mass is 16.8. The van der Waals surface area contributed by atoms with E-state index >= 15 is 0 Å². The maximum atomic E-state index is 10.8. The number of hydroxylamine groups is 2. The van der Waals surface area contributed by atoms with Crippen LogP contribution >= 0.6 is 0 Å². The number of carbonyl (C=O) groups excluding carboxylic acids is 2. The highest BCUT2D eigenvalue weighted by molar-refractivity contribution is 6.00. The summed E-state index contributed by atoms with van der Waals surface area (Å²) in [6.45, 7) is 0. The van der Waals surface area contributed by atoms with Crippen molar-refractivity contribution in [3.05, 3.63) is 0 Å². The van der Waals surface area contributed by atoms with Crippen molar-refractivity contribution in [3.8, 4) is 0 Å². The molecule has 60 valence electrons. The van der Waals surface area contributed by atoms with Gasteiger partial charge in [-0.2, -0.15) is 0 Å². The number of carbonyl (C=O) groups is 2. The summed E-state index contributed by atoms with van der Waals surface area (Å²) in [6.07, 6.45) is 1.22. The van der Waals surface area contributed by atoms with E-state index in [1.165, 1.54) is 0 Å². The second-order valence-corrected chi connectivity index (χ2v) is 1.92. The molecule has 1 aliphatic rings. The van der Waals surface area contributed by atoms with Crippen LogP contribution in [0.25, 0.3) is 0 Å². The number of oxime groups is 1. The van der Waals surface area contributed by atoms with Crippen LogP contribution in [0.15, 0.2) is 5.16 Å². The zero-order valence-electron chi connectivity index (χ0n) is 5.69. The Morgan fingerprint density at radius 1 is 1.45 bits per heavy atom. The maximum absolute atomic E-state index is 10.8. The average Bonchev–Trinajstić information content (AvgIpc) is 2.29. The molecule has 0 aromatic carbocycles. The molecule has 1 aliphatic heterocycles. The Balaban J connectivity index is 2.54. The van der Waals surface area contributed by atoms with Gasteiger partial charge in [-0.05, 0) is 5.16 Å². The normalized spacial score (nSPS) is 18.4. The van der Waals surface area contributed by atoms with Crippen LogP contribution in [0.4, 0.5) is 0 Å². The van der Waals surface area contributed by atoms with Crippen LogP contribution in [-0.2, 0) is 14.5 Å². The first-order valence-corrected chi connectivity index (χ1v) is 3.02. The standard InChI is InChI=1S/C5H7N3O3/c6-3-7-11-8-4(9)1-2-5(8)10/h3H,1-2H2,(H2,6,7). The third-order valence-electron chi connectivity index (χ3n) is 1.20. The zero-order chi connectivity index (χ0) is 8.27. The molecule has 0 aromatic rings.